The molecule has 0 fully saturated rings. The van der Waals surface area contributed by atoms with Crippen LogP contribution in [-0.2, 0) is 6.42 Å². The Hall–Kier alpha value is -2.61. The first kappa shape index (κ1) is 11.9. The number of hydrogen-bond acceptors (Lipinski definition) is 3. The van der Waals surface area contributed by atoms with Crippen molar-refractivity contribution in [2.24, 2.45) is 0 Å². The van der Waals surface area contributed by atoms with Gasteiger partial charge in [-0.1, -0.05) is 13.0 Å². The average molecular weight is 241 g/mol. The van der Waals surface area contributed by atoms with E-state index in [0.717, 1.165) is 0 Å². The van der Waals surface area contributed by atoms with Crippen molar-refractivity contribution in [1.29, 1.82) is 5.26 Å². The van der Waals surface area contributed by atoms with E-state index in [1.807, 2.05) is 13.0 Å². The van der Waals surface area contributed by atoms with Crippen molar-refractivity contribution in [2.75, 3.05) is 0 Å². The zero-order valence-electron chi connectivity index (χ0n) is 9.79. The van der Waals surface area contributed by atoms with Crippen LogP contribution in [0.15, 0.2) is 30.5 Å². The van der Waals surface area contributed by atoms with Gasteiger partial charge in [-0.15, -0.1) is 0 Å². The molecule has 0 aliphatic rings. The van der Waals surface area contributed by atoms with Gasteiger partial charge in [-0.05, 0) is 24.6 Å². The maximum absolute atomic E-state index is 11.0. The summed E-state index contributed by atoms with van der Waals surface area (Å²) in [5, 5.41) is 22.0. The molecule has 2 rings (SSSR count). The predicted octanol–water partition coefficient (Wildman–Crippen LogP) is 2.00. The van der Waals surface area contributed by atoms with E-state index in [0.29, 0.717) is 23.4 Å². The Balaban J connectivity index is 2.57. The molecule has 0 amide bonds. The van der Waals surface area contributed by atoms with Gasteiger partial charge in [-0.3, -0.25) is 0 Å². The van der Waals surface area contributed by atoms with Crippen LogP contribution in [-0.4, -0.2) is 20.9 Å². The number of carboxylic acid groups (broad SMARTS) is 1. The number of carboxylic acids is 1. The van der Waals surface area contributed by atoms with Gasteiger partial charge in [-0.2, -0.15) is 10.4 Å². The fourth-order valence-corrected chi connectivity index (χ4v) is 1.82. The summed E-state index contributed by atoms with van der Waals surface area (Å²) < 4.78 is 1.56. The Morgan fingerprint density at radius 3 is 2.94 bits per heavy atom. The van der Waals surface area contributed by atoms with Crippen molar-refractivity contribution in [1.82, 2.24) is 9.78 Å². The second-order valence-corrected chi connectivity index (χ2v) is 3.74. The second kappa shape index (κ2) is 4.72. The maximum Gasteiger partial charge on any atom is 0.339 e. The topological polar surface area (TPSA) is 78.9 Å². The van der Waals surface area contributed by atoms with E-state index in [4.69, 9.17) is 10.4 Å². The van der Waals surface area contributed by atoms with E-state index in [-0.39, 0.29) is 5.56 Å². The molecule has 0 unspecified atom stereocenters. The lowest BCUT2D eigenvalue weighted by atomic mass is 10.2. The highest BCUT2D eigenvalue weighted by Gasteiger charge is 2.16. The van der Waals surface area contributed by atoms with Gasteiger partial charge in [0.05, 0.1) is 29.2 Å². The van der Waals surface area contributed by atoms with E-state index >= 15 is 0 Å². The Morgan fingerprint density at radius 2 is 2.33 bits per heavy atom. The molecular weight excluding hydrogens is 230 g/mol. The fourth-order valence-electron chi connectivity index (χ4n) is 1.82. The third-order valence-corrected chi connectivity index (χ3v) is 2.65. The van der Waals surface area contributed by atoms with Crippen molar-refractivity contribution < 1.29 is 9.90 Å². The van der Waals surface area contributed by atoms with E-state index in [1.54, 1.807) is 28.9 Å². The molecule has 1 N–H and O–H groups in total. The van der Waals surface area contributed by atoms with Crippen LogP contribution in [0.2, 0.25) is 0 Å². The van der Waals surface area contributed by atoms with E-state index in [2.05, 4.69) is 5.10 Å². The van der Waals surface area contributed by atoms with Gasteiger partial charge in [0.2, 0.25) is 0 Å². The van der Waals surface area contributed by atoms with E-state index in [9.17, 15) is 4.79 Å². The summed E-state index contributed by atoms with van der Waals surface area (Å²) in [6, 6.07) is 8.95. The predicted molar refractivity (Wildman–Crippen MR) is 64.6 cm³/mol. The molecule has 1 aromatic carbocycles. The molecule has 90 valence electrons. The standard InChI is InChI=1S/C13H11N3O2/c1-2-12-11(13(17)18)8-15-16(12)10-5-3-4-9(6-10)7-14/h3-6,8H,2H2,1H3,(H,17,18). The maximum atomic E-state index is 11.0. The summed E-state index contributed by atoms with van der Waals surface area (Å²) in [6.07, 6.45) is 1.89. The molecular formula is C13H11N3O2. The number of hydrogen-bond donors (Lipinski definition) is 1. The summed E-state index contributed by atoms with van der Waals surface area (Å²) in [7, 11) is 0. The molecule has 1 aromatic heterocycles. The number of carbonyl (C=O) groups is 1. The lowest BCUT2D eigenvalue weighted by Gasteiger charge is -2.06. The third kappa shape index (κ3) is 1.96. The molecule has 0 saturated heterocycles. The van der Waals surface area contributed by atoms with Crippen LogP contribution in [0.5, 0.6) is 0 Å². The zero-order chi connectivity index (χ0) is 13.1. The van der Waals surface area contributed by atoms with Gasteiger partial charge in [0.15, 0.2) is 0 Å². The Bertz CT molecular complexity index is 638. The average Bonchev–Trinajstić information content (AvgIpc) is 2.82. The van der Waals surface area contributed by atoms with Crippen molar-refractivity contribution in [3.05, 3.63) is 47.3 Å². The normalized spacial score (nSPS) is 10.0. The summed E-state index contributed by atoms with van der Waals surface area (Å²) in [4.78, 5) is 11.0. The highest BCUT2D eigenvalue weighted by atomic mass is 16.4. The number of nitrogens with zero attached hydrogens (tertiary/aromatic N) is 3. The van der Waals surface area contributed by atoms with Crippen molar-refractivity contribution in [2.45, 2.75) is 13.3 Å². The first-order valence-electron chi connectivity index (χ1n) is 5.48. The fraction of sp³-hybridized carbons (Fsp3) is 0.154. The zero-order valence-corrected chi connectivity index (χ0v) is 9.79. The molecule has 18 heavy (non-hydrogen) atoms. The highest BCUT2D eigenvalue weighted by molar-refractivity contribution is 5.88. The Kier molecular flexibility index (Phi) is 3.11. The number of benzene rings is 1. The molecule has 0 atom stereocenters. The Morgan fingerprint density at radius 1 is 1.56 bits per heavy atom. The van der Waals surface area contributed by atoms with Crippen LogP contribution in [0.25, 0.3) is 5.69 Å². The molecule has 5 nitrogen and oxygen atoms in total. The van der Waals surface area contributed by atoms with E-state index < -0.39 is 5.97 Å². The SMILES string of the molecule is CCc1c(C(=O)O)cnn1-c1cccc(C#N)c1. The monoisotopic (exact) mass is 241 g/mol. The van der Waals surface area contributed by atoms with Crippen LogP contribution >= 0.6 is 0 Å². The summed E-state index contributed by atoms with van der Waals surface area (Å²) in [5.74, 6) is -0.991. The van der Waals surface area contributed by atoms with Crippen LogP contribution in [0, 0.1) is 11.3 Å². The number of aromatic nitrogens is 2. The minimum atomic E-state index is -0.991. The smallest absolute Gasteiger partial charge is 0.339 e. The minimum Gasteiger partial charge on any atom is -0.478 e. The van der Waals surface area contributed by atoms with Gasteiger partial charge < -0.3 is 5.11 Å². The molecule has 0 spiro atoms. The first-order valence-corrected chi connectivity index (χ1v) is 5.48. The second-order valence-electron chi connectivity index (χ2n) is 3.74. The van der Waals surface area contributed by atoms with Gasteiger partial charge in [0.25, 0.3) is 0 Å². The van der Waals surface area contributed by atoms with E-state index in [1.165, 1.54) is 6.20 Å². The van der Waals surface area contributed by atoms with Gasteiger partial charge in [0.1, 0.15) is 5.56 Å². The molecule has 0 aliphatic heterocycles. The lowest BCUT2D eigenvalue weighted by Crippen LogP contribution is -2.05. The summed E-state index contributed by atoms with van der Waals surface area (Å²) in [5.41, 5.74) is 2.03. The molecule has 0 saturated carbocycles. The van der Waals surface area contributed by atoms with Crippen molar-refractivity contribution in [3.8, 4) is 11.8 Å². The Labute approximate surface area is 104 Å². The van der Waals surface area contributed by atoms with Crippen LogP contribution in [0.3, 0.4) is 0 Å². The summed E-state index contributed by atoms with van der Waals surface area (Å²) >= 11 is 0. The third-order valence-electron chi connectivity index (χ3n) is 2.65. The van der Waals surface area contributed by atoms with Crippen LogP contribution in [0.4, 0.5) is 0 Å². The number of nitriles is 1. The molecule has 0 bridgehead atoms. The van der Waals surface area contributed by atoms with Gasteiger partial charge in [-0.25, -0.2) is 9.48 Å². The number of rotatable bonds is 3. The van der Waals surface area contributed by atoms with Crippen molar-refractivity contribution >= 4 is 5.97 Å². The first-order chi connectivity index (χ1) is 8.67. The van der Waals surface area contributed by atoms with Gasteiger partial charge in [0, 0.05) is 0 Å². The molecule has 0 radical (unpaired) electrons. The van der Waals surface area contributed by atoms with Crippen LogP contribution < -0.4 is 0 Å². The summed E-state index contributed by atoms with van der Waals surface area (Å²) in [6.45, 7) is 1.87. The lowest BCUT2D eigenvalue weighted by molar-refractivity contribution is 0.0695. The molecule has 0 aliphatic carbocycles. The van der Waals surface area contributed by atoms with Gasteiger partial charge >= 0.3 is 5.97 Å². The molecule has 1 heterocycles. The highest BCUT2D eigenvalue weighted by Crippen LogP contribution is 2.16. The largest absolute Gasteiger partial charge is 0.478 e. The minimum absolute atomic E-state index is 0.194. The molecule has 5 heteroatoms. The van der Waals surface area contributed by atoms with Crippen molar-refractivity contribution in [3.63, 3.8) is 0 Å². The number of aromatic carboxylic acids is 1. The molecule has 2 aromatic rings. The quantitative estimate of drug-likeness (QED) is 0.891. The van der Waals surface area contributed by atoms with Crippen LogP contribution in [0.1, 0.15) is 28.5 Å².